The van der Waals surface area contributed by atoms with Crippen molar-refractivity contribution < 1.29 is 8.83 Å². The van der Waals surface area contributed by atoms with Crippen LogP contribution in [0, 0.1) is 0 Å². The average Bonchev–Trinajstić information content (AvgIpc) is 3.40. The molecule has 0 aliphatic rings. The fraction of sp³-hybridized carbons (Fsp3) is 0.117. The minimum Gasteiger partial charge on any atom is -0.459 e. The Kier molecular flexibility index (Phi) is 12.4. The number of unbranched alkanes of at least 4 members (excludes halogenated alkanes) is 3. The van der Waals surface area contributed by atoms with Crippen molar-refractivity contribution in [2.75, 3.05) is 0 Å². The number of hydrogen-bond acceptors (Lipinski definition) is 2. The van der Waals surface area contributed by atoms with E-state index >= 15 is 0 Å². The van der Waals surface area contributed by atoms with Gasteiger partial charge in [0.25, 0.3) is 0 Å². The molecule has 0 atom stereocenters. The quantitative estimate of drug-likeness (QED) is 0.108. The fourth-order valence-corrected chi connectivity index (χ4v) is 12.5. The van der Waals surface area contributed by atoms with E-state index in [1.54, 1.807) is 0 Å². The highest BCUT2D eigenvalue weighted by Crippen LogP contribution is 2.53. The van der Waals surface area contributed by atoms with Crippen molar-refractivity contribution in [1.82, 2.24) is 0 Å². The smallest absolute Gasteiger partial charge is 0.144 e. The van der Waals surface area contributed by atoms with Crippen LogP contribution in [0.15, 0.2) is 251 Å². The van der Waals surface area contributed by atoms with Gasteiger partial charge in [-0.15, -0.1) is 0 Å². The van der Waals surface area contributed by atoms with Gasteiger partial charge < -0.3 is 8.83 Å². The monoisotopic (exact) mass is 1020 g/mol. The highest BCUT2D eigenvalue weighted by Gasteiger charge is 2.29. The Morgan fingerprint density at radius 3 is 1.48 bits per heavy atom. The predicted octanol–water partition coefficient (Wildman–Crippen LogP) is 22.7. The SMILES string of the molecule is CCCCCCc1ccc(-c2oc3c(cc(-c4ccc(-c5cccc6ccccc56)cc4)c4c5oc(C(C)C)c(-c6ccccc6)c5cc(-c5ccc(-c6ccc7ccccc7c6)cc5)c34)c2-c2cccc3ccccc23)cc1. The van der Waals surface area contributed by atoms with E-state index in [4.69, 9.17) is 8.83 Å². The fourth-order valence-electron chi connectivity index (χ4n) is 12.5. The molecule has 0 bridgehead atoms. The van der Waals surface area contributed by atoms with Gasteiger partial charge in [0, 0.05) is 44.2 Å². The Hall–Kier alpha value is -9.24. The lowest BCUT2D eigenvalue weighted by Gasteiger charge is -2.16. The first-order valence-electron chi connectivity index (χ1n) is 28.3. The summed E-state index contributed by atoms with van der Waals surface area (Å²) in [6.45, 7) is 6.77. The second-order valence-electron chi connectivity index (χ2n) is 21.8. The Bertz CT molecular complexity index is 4560. The minimum absolute atomic E-state index is 0.109. The number of aryl methyl sites for hydroxylation is 1. The van der Waals surface area contributed by atoms with Gasteiger partial charge in [-0.3, -0.25) is 0 Å². The maximum absolute atomic E-state index is 7.74. The molecule has 0 saturated carbocycles. The number of hydrogen-bond donors (Lipinski definition) is 0. The molecule has 0 amide bonds. The molecule has 0 saturated heterocycles. The van der Waals surface area contributed by atoms with Crippen LogP contribution in [0.25, 0.3) is 143 Å². The van der Waals surface area contributed by atoms with E-state index in [-0.39, 0.29) is 5.92 Å². The van der Waals surface area contributed by atoms with Gasteiger partial charge in [-0.25, -0.2) is 0 Å². The van der Waals surface area contributed by atoms with Crippen LogP contribution in [0.5, 0.6) is 0 Å². The molecule has 2 aromatic heterocycles. The zero-order chi connectivity index (χ0) is 53.0. The van der Waals surface area contributed by atoms with Crippen LogP contribution in [0.3, 0.4) is 0 Å². The van der Waals surface area contributed by atoms with Crippen molar-refractivity contribution in [3.63, 3.8) is 0 Å². The van der Waals surface area contributed by atoms with Crippen LogP contribution in [0.2, 0.25) is 0 Å². The van der Waals surface area contributed by atoms with E-state index in [1.807, 2.05) is 0 Å². The van der Waals surface area contributed by atoms with Gasteiger partial charge in [-0.2, -0.15) is 0 Å². The number of benzene rings is 12. The first-order chi connectivity index (χ1) is 39.0. The lowest BCUT2D eigenvalue weighted by molar-refractivity contribution is 0.526. The second-order valence-corrected chi connectivity index (χ2v) is 21.8. The summed E-state index contributed by atoms with van der Waals surface area (Å²) in [7, 11) is 0. The molecule has 14 rings (SSSR count). The van der Waals surface area contributed by atoms with Gasteiger partial charge in [0.2, 0.25) is 0 Å². The summed E-state index contributed by atoms with van der Waals surface area (Å²) in [4.78, 5) is 0. The van der Waals surface area contributed by atoms with E-state index in [1.165, 1.54) is 85.8 Å². The van der Waals surface area contributed by atoms with Crippen molar-refractivity contribution in [1.29, 1.82) is 0 Å². The van der Waals surface area contributed by atoms with Crippen LogP contribution in [-0.2, 0) is 6.42 Å². The summed E-state index contributed by atoms with van der Waals surface area (Å²) < 4.78 is 15.2. The molecule has 14 aromatic rings. The summed E-state index contributed by atoms with van der Waals surface area (Å²) in [5, 5.41) is 11.5. The van der Waals surface area contributed by atoms with Gasteiger partial charge in [0.15, 0.2) is 0 Å². The summed E-state index contributed by atoms with van der Waals surface area (Å²) in [6.07, 6.45) is 6.00. The first-order valence-corrected chi connectivity index (χ1v) is 28.3. The molecule has 0 unspecified atom stereocenters. The third-order valence-electron chi connectivity index (χ3n) is 16.5. The molecule has 2 heterocycles. The minimum atomic E-state index is 0.109. The normalized spacial score (nSPS) is 11.8. The lowest BCUT2D eigenvalue weighted by Crippen LogP contribution is -1.91. The molecule has 2 heteroatoms. The molecular weight excluding hydrogens is 957 g/mol. The standard InChI is InChI=1S/C77H60O2/c1-4-5-6-8-19-50-32-34-59(35-33-50)75-71(65-31-18-27-54-22-14-16-29-64(54)65)69-48-67(57-43-41-55(42-44-57)63-30-17-26-53-21-13-15-28-62(53)63)72-73(77(69)79-75)66(47-68-70(58-23-9-7-10-24-58)74(49(2)3)78-76(68)72)56-39-36-52(37-40-56)61-45-38-51-20-11-12-25-60(51)46-61/h7,9-18,20-49H,4-6,8,19H2,1-3H3. The molecule has 12 aromatic carbocycles. The van der Waals surface area contributed by atoms with E-state index in [0.717, 1.165) is 101 Å². The molecule has 0 fully saturated rings. The zero-order valence-electron chi connectivity index (χ0n) is 45.0. The number of fused-ring (bicyclic) bond motifs is 8. The van der Waals surface area contributed by atoms with E-state index < -0.39 is 0 Å². The van der Waals surface area contributed by atoms with Crippen LogP contribution in [-0.4, -0.2) is 0 Å². The zero-order valence-corrected chi connectivity index (χ0v) is 45.0. The van der Waals surface area contributed by atoms with E-state index in [2.05, 4.69) is 263 Å². The third kappa shape index (κ3) is 8.60. The molecule has 0 spiro atoms. The molecule has 0 N–H and O–H groups in total. The van der Waals surface area contributed by atoms with Crippen molar-refractivity contribution in [3.8, 4) is 78.1 Å². The number of furan rings is 2. The van der Waals surface area contributed by atoms with Gasteiger partial charge in [-0.05, 0) is 125 Å². The van der Waals surface area contributed by atoms with E-state index in [9.17, 15) is 0 Å². The maximum Gasteiger partial charge on any atom is 0.144 e. The lowest BCUT2D eigenvalue weighted by atomic mass is 9.86. The predicted molar refractivity (Wildman–Crippen MR) is 336 cm³/mol. The van der Waals surface area contributed by atoms with Gasteiger partial charge in [0.1, 0.15) is 22.7 Å². The van der Waals surface area contributed by atoms with Gasteiger partial charge in [-0.1, -0.05) is 264 Å². The molecule has 380 valence electrons. The third-order valence-corrected chi connectivity index (χ3v) is 16.5. The Labute approximate surface area is 462 Å². The first kappa shape index (κ1) is 48.2. The summed E-state index contributed by atoms with van der Waals surface area (Å²) in [6, 6.07) is 89.4. The second kappa shape index (κ2) is 20.3. The largest absolute Gasteiger partial charge is 0.459 e. The maximum atomic E-state index is 7.74. The van der Waals surface area contributed by atoms with Crippen molar-refractivity contribution >= 4 is 65.0 Å². The molecular formula is C77H60O2. The highest BCUT2D eigenvalue weighted by molar-refractivity contribution is 6.29. The van der Waals surface area contributed by atoms with Gasteiger partial charge in [0.05, 0.1) is 0 Å². The molecule has 79 heavy (non-hydrogen) atoms. The molecule has 0 aliphatic carbocycles. The average molecular weight is 1020 g/mol. The summed E-state index contributed by atoms with van der Waals surface area (Å²) in [5.41, 5.74) is 17.7. The Morgan fingerprint density at radius 2 is 0.835 bits per heavy atom. The molecule has 2 nitrogen and oxygen atoms in total. The van der Waals surface area contributed by atoms with Crippen LogP contribution in [0.4, 0.5) is 0 Å². The number of rotatable bonds is 13. The van der Waals surface area contributed by atoms with Crippen molar-refractivity contribution in [3.05, 3.63) is 254 Å². The van der Waals surface area contributed by atoms with Crippen LogP contribution < -0.4 is 0 Å². The van der Waals surface area contributed by atoms with Crippen LogP contribution >= 0.6 is 0 Å². The van der Waals surface area contributed by atoms with Crippen molar-refractivity contribution in [2.24, 2.45) is 0 Å². The summed E-state index contributed by atoms with van der Waals surface area (Å²) >= 11 is 0. The Morgan fingerprint density at radius 1 is 0.329 bits per heavy atom. The molecule has 0 aliphatic heterocycles. The van der Waals surface area contributed by atoms with E-state index in [0.29, 0.717) is 0 Å². The summed E-state index contributed by atoms with van der Waals surface area (Å²) in [5.74, 6) is 1.94. The van der Waals surface area contributed by atoms with Crippen molar-refractivity contribution in [2.45, 2.75) is 58.8 Å². The van der Waals surface area contributed by atoms with Crippen LogP contribution in [0.1, 0.15) is 63.7 Å². The topological polar surface area (TPSA) is 26.3 Å². The highest BCUT2D eigenvalue weighted by atomic mass is 16.3. The molecule has 0 radical (unpaired) electrons. The Balaban J connectivity index is 1.10. The van der Waals surface area contributed by atoms with Gasteiger partial charge >= 0.3 is 0 Å².